The minimum absolute atomic E-state index is 0.00333. The van der Waals surface area contributed by atoms with Crippen molar-refractivity contribution >= 4 is 45.6 Å². The summed E-state index contributed by atoms with van der Waals surface area (Å²) in [7, 11) is 0. The van der Waals surface area contributed by atoms with Crippen molar-refractivity contribution in [3.63, 3.8) is 0 Å². The summed E-state index contributed by atoms with van der Waals surface area (Å²) in [5, 5.41) is 10.6. The van der Waals surface area contributed by atoms with Crippen LogP contribution >= 0.6 is 15.9 Å². The molecule has 1 saturated heterocycles. The molecule has 1 aliphatic rings. The van der Waals surface area contributed by atoms with Crippen molar-refractivity contribution in [1.29, 1.82) is 0 Å². The van der Waals surface area contributed by atoms with Gasteiger partial charge in [-0.25, -0.2) is 0 Å². The number of Topliss-reactive ketones (excluding diaryl/α,β-unsaturated/α-hetero) is 1. The average Bonchev–Trinajstić information content (AvgIpc) is 2.87. The Kier molecular flexibility index (Phi) is 10.8. The highest BCUT2D eigenvalue weighted by atomic mass is 79.9. The van der Waals surface area contributed by atoms with Gasteiger partial charge in [0, 0.05) is 44.7 Å². The van der Waals surface area contributed by atoms with Gasteiger partial charge in [-0.05, 0) is 29.8 Å². The van der Waals surface area contributed by atoms with Crippen molar-refractivity contribution in [2.24, 2.45) is 0 Å². The van der Waals surface area contributed by atoms with Gasteiger partial charge in [0.05, 0.1) is 5.56 Å². The average molecular weight is 637 g/mol. The summed E-state index contributed by atoms with van der Waals surface area (Å²) >= 11 is 3.34. The Hall–Kier alpha value is -3.97. The number of phenols is 1. The second kappa shape index (κ2) is 14.1. The summed E-state index contributed by atoms with van der Waals surface area (Å²) in [6.45, 7) is 4.05. The highest BCUT2D eigenvalue weighted by Crippen LogP contribution is 2.33. The molecule has 220 valence electrons. The first-order valence-electron chi connectivity index (χ1n) is 12.4. The van der Waals surface area contributed by atoms with Crippen LogP contribution in [0.5, 0.6) is 11.5 Å². The molecular formula is C28H29BrO12. The molecule has 0 aliphatic carbocycles. The zero-order valence-electron chi connectivity index (χ0n) is 22.7. The number of esters is 4. The maximum atomic E-state index is 12.8. The second-order valence-corrected chi connectivity index (χ2v) is 10.0. The molecule has 2 aromatic carbocycles. The highest BCUT2D eigenvalue weighted by molar-refractivity contribution is 9.10. The fourth-order valence-electron chi connectivity index (χ4n) is 4.12. The van der Waals surface area contributed by atoms with E-state index >= 15 is 0 Å². The third-order valence-electron chi connectivity index (χ3n) is 5.75. The van der Waals surface area contributed by atoms with Gasteiger partial charge < -0.3 is 33.5 Å². The van der Waals surface area contributed by atoms with Gasteiger partial charge in [-0.2, -0.15) is 0 Å². The summed E-state index contributed by atoms with van der Waals surface area (Å²) in [6, 6.07) is 11.1. The van der Waals surface area contributed by atoms with E-state index in [0.29, 0.717) is 0 Å². The fourth-order valence-corrected chi connectivity index (χ4v) is 4.39. The van der Waals surface area contributed by atoms with Crippen molar-refractivity contribution in [1.82, 2.24) is 0 Å². The van der Waals surface area contributed by atoms with Crippen LogP contribution in [0.3, 0.4) is 0 Å². The zero-order chi connectivity index (χ0) is 30.3. The van der Waals surface area contributed by atoms with Crippen LogP contribution in [0, 0.1) is 0 Å². The molecular weight excluding hydrogens is 608 g/mol. The Balaban J connectivity index is 1.90. The Morgan fingerprint density at radius 2 is 1.39 bits per heavy atom. The number of aromatic hydroxyl groups is 1. The molecule has 12 nitrogen and oxygen atoms in total. The SMILES string of the molecule is CC(=O)OCC1O[C@H](Oc2ccc(C(=O)Cc3ccc(Br)cc3)c(O)c2)C(OC(C)=O)C(OC(C)=O)[C@@H]1OC(C)=O. The quantitative estimate of drug-likeness (QED) is 0.231. The maximum Gasteiger partial charge on any atom is 0.303 e. The minimum atomic E-state index is -1.49. The van der Waals surface area contributed by atoms with Gasteiger partial charge in [0.15, 0.2) is 18.0 Å². The molecule has 3 unspecified atom stereocenters. The molecule has 0 spiro atoms. The van der Waals surface area contributed by atoms with Gasteiger partial charge in [-0.15, -0.1) is 0 Å². The lowest BCUT2D eigenvalue weighted by atomic mass is 9.98. The van der Waals surface area contributed by atoms with Crippen molar-refractivity contribution in [3.8, 4) is 11.5 Å². The van der Waals surface area contributed by atoms with Crippen molar-refractivity contribution in [2.75, 3.05) is 6.61 Å². The molecule has 5 atom stereocenters. The second-order valence-electron chi connectivity index (χ2n) is 9.09. The lowest BCUT2D eigenvalue weighted by Gasteiger charge is -2.43. The van der Waals surface area contributed by atoms with Gasteiger partial charge in [0.25, 0.3) is 0 Å². The third kappa shape index (κ3) is 9.02. The zero-order valence-corrected chi connectivity index (χ0v) is 24.2. The number of phenolic OH excluding ortho intramolecular Hbond substituents is 1. The van der Waals surface area contributed by atoms with E-state index < -0.39 is 61.2 Å². The molecule has 2 aromatic rings. The van der Waals surface area contributed by atoms with E-state index in [9.17, 15) is 29.1 Å². The van der Waals surface area contributed by atoms with E-state index in [1.165, 1.54) is 18.2 Å². The lowest BCUT2D eigenvalue weighted by molar-refractivity contribution is -0.288. The van der Waals surface area contributed by atoms with Crippen LogP contribution < -0.4 is 4.74 Å². The van der Waals surface area contributed by atoms with Crippen molar-refractivity contribution in [3.05, 3.63) is 58.1 Å². The summed E-state index contributed by atoms with van der Waals surface area (Å²) in [4.78, 5) is 60.1. The van der Waals surface area contributed by atoms with E-state index in [1.54, 1.807) is 24.3 Å². The number of carbonyl (C=O) groups excluding carboxylic acids is 5. The Labute approximate surface area is 243 Å². The number of halogens is 1. The van der Waals surface area contributed by atoms with Crippen LogP contribution in [0.2, 0.25) is 0 Å². The lowest BCUT2D eigenvalue weighted by Crippen LogP contribution is -2.63. The fraction of sp³-hybridized carbons (Fsp3) is 0.393. The van der Waals surface area contributed by atoms with Gasteiger partial charge in [0.1, 0.15) is 24.2 Å². The van der Waals surface area contributed by atoms with Crippen LogP contribution in [0.15, 0.2) is 46.9 Å². The standard InChI is InChI=1S/C28H29BrO12/c1-14(30)36-13-24-25(37-15(2)31)26(38-16(3)32)27(39-17(4)33)28(41-24)40-20-9-10-21(23(35)12-20)22(34)11-18-5-7-19(29)8-6-18/h5-10,12,24-28,35H,11,13H2,1-4H3/t24?,25-,26?,27?,28+/m1/s1. The molecule has 0 saturated carbocycles. The molecule has 0 aromatic heterocycles. The monoisotopic (exact) mass is 636 g/mol. The number of benzene rings is 2. The first kappa shape index (κ1) is 31.6. The molecule has 3 rings (SSSR count). The van der Waals surface area contributed by atoms with Gasteiger partial charge in [-0.1, -0.05) is 28.1 Å². The summed E-state index contributed by atoms with van der Waals surface area (Å²) in [5.74, 6) is -3.73. The van der Waals surface area contributed by atoms with Crippen LogP contribution in [0.25, 0.3) is 0 Å². The smallest absolute Gasteiger partial charge is 0.303 e. The Morgan fingerprint density at radius 3 is 1.95 bits per heavy atom. The van der Waals surface area contributed by atoms with Crippen LogP contribution in [0.4, 0.5) is 0 Å². The molecule has 1 fully saturated rings. The highest BCUT2D eigenvalue weighted by Gasteiger charge is 2.53. The molecule has 0 amide bonds. The topological polar surface area (TPSA) is 161 Å². The summed E-state index contributed by atoms with van der Waals surface area (Å²) < 4.78 is 33.7. The number of hydrogen-bond acceptors (Lipinski definition) is 12. The Morgan fingerprint density at radius 1 is 0.805 bits per heavy atom. The molecule has 0 bridgehead atoms. The number of rotatable bonds is 10. The maximum absolute atomic E-state index is 12.8. The van der Waals surface area contributed by atoms with Crippen LogP contribution in [-0.2, 0) is 49.3 Å². The first-order chi connectivity index (χ1) is 19.3. The third-order valence-corrected chi connectivity index (χ3v) is 6.28. The number of carbonyl (C=O) groups is 5. The van der Waals surface area contributed by atoms with Crippen LogP contribution in [-0.4, -0.2) is 72.1 Å². The largest absolute Gasteiger partial charge is 0.507 e. The number of ether oxygens (including phenoxy) is 6. The molecule has 0 radical (unpaired) electrons. The molecule has 41 heavy (non-hydrogen) atoms. The van der Waals surface area contributed by atoms with E-state index in [0.717, 1.165) is 37.7 Å². The molecule has 1 heterocycles. The van der Waals surface area contributed by atoms with Gasteiger partial charge >= 0.3 is 23.9 Å². The summed E-state index contributed by atoms with van der Waals surface area (Å²) in [5.41, 5.74) is 0.789. The van der Waals surface area contributed by atoms with E-state index in [1.807, 2.05) is 0 Å². The summed E-state index contributed by atoms with van der Waals surface area (Å²) in [6.07, 6.45) is -6.86. The predicted octanol–water partition coefficient (Wildman–Crippen LogP) is 3.04. The van der Waals surface area contributed by atoms with E-state index in [-0.39, 0.29) is 29.3 Å². The Bertz CT molecular complexity index is 1290. The van der Waals surface area contributed by atoms with Crippen molar-refractivity contribution < 1.29 is 57.5 Å². The molecule has 13 heteroatoms. The normalized spacial score (nSPS) is 21.7. The van der Waals surface area contributed by atoms with E-state index in [4.69, 9.17) is 28.4 Å². The number of ketones is 1. The predicted molar refractivity (Wildman–Crippen MR) is 143 cm³/mol. The van der Waals surface area contributed by atoms with E-state index in [2.05, 4.69) is 15.9 Å². The number of hydrogen-bond donors (Lipinski definition) is 1. The molecule has 1 N–H and O–H groups in total. The van der Waals surface area contributed by atoms with Crippen molar-refractivity contribution in [2.45, 2.75) is 64.8 Å². The first-order valence-corrected chi connectivity index (χ1v) is 13.2. The molecule has 1 aliphatic heterocycles. The van der Waals surface area contributed by atoms with Crippen LogP contribution in [0.1, 0.15) is 43.6 Å². The minimum Gasteiger partial charge on any atom is -0.507 e. The van der Waals surface area contributed by atoms with Gasteiger partial charge in [0.2, 0.25) is 12.4 Å². The van der Waals surface area contributed by atoms with Gasteiger partial charge in [-0.3, -0.25) is 24.0 Å².